The Kier molecular flexibility index (Phi) is 8.99. The van der Waals surface area contributed by atoms with E-state index in [2.05, 4.69) is 20.9 Å². The number of hydrogen-bond donors (Lipinski definition) is 3. The van der Waals surface area contributed by atoms with E-state index in [-0.39, 0.29) is 49.2 Å². The number of rotatable bonds is 9. The molecule has 1 aromatic carbocycles. The summed E-state index contributed by atoms with van der Waals surface area (Å²) in [6.45, 7) is 1.76. The maximum Gasteiger partial charge on any atom is 0.325 e. The summed E-state index contributed by atoms with van der Waals surface area (Å²) in [6, 6.07) is 5.05. The average molecular weight is 479 g/mol. The van der Waals surface area contributed by atoms with Crippen LogP contribution in [0.1, 0.15) is 48.1 Å². The maximum absolute atomic E-state index is 13.7. The molecule has 1 aliphatic carbocycles. The Labute approximate surface area is 195 Å². The summed E-state index contributed by atoms with van der Waals surface area (Å²) in [7, 11) is 0. The van der Waals surface area contributed by atoms with Crippen LogP contribution in [0.25, 0.3) is 0 Å². The van der Waals surface area contributed by atoms with Crippen LogP contribution in [0.4, 0.5) is 9.18 Å². The van der Waals surface area contributed by atoms with E-state index in [4.69, 9.17) is 9.47 Å². The second-order valence-corrected chi connectivity index (χ2v) is 8.39. The molecule has 178 valence electrons. The number of ether oxygens (including phenoxy) is 2. The van der Waals surface area contributed by atoms with Gasteiger partial charge in [0.05, 0.1) is 12.6 Å². The van der Waals surface area contributed by atoms with Gasteiger partial charge in [0.2, 0.25) is 0 Å². The van der Waals surface area contributed by atoms with Gasteiger partial charge in [-0.25, -0.2) is 14.2 Å². The summed E-state index contributed by atoms with van der Waals surface area (Å²) >= 11 is 1.25. The highest BCUT2D eigenvalue weighted by Crippen LogP contribution is 2.21. The van der Waals surface area contributed by atoms with Gasteiger partial charge in [-0.15, -0.1) is 11.3 Å². The molecule has 0 spiro atoms. The van der Waals surface area contributed by atoms with Gasteiger partial charge in [-0.1, -0.05) is 25.0 Å². The Morgan fingerprint density at radius 3 is 2.61 bits per heavy atom. The van der Waals surface area contributed by atoms with E-state index < -0.39 is 17.8 Å². The van der Waals surface area contributed by atoms with Crippen LogP contribution in [-0.4, -0.2) is 48.1 Å². The van der Waals surface area contributed by atoms with Gasteiger partial charge in [-0.3, -0.25) is 9.59 Å². The maximum atomic E-state index is 13.7. The highest BCUT2D eigenvalue weighted by atomic mass is 32.1. The Bertz CT molecular complexity index is 970. The van der Waals surface area contributed by atoms with Crippen molar-refractivity contribution >= 4 is 29.2 Å². The third kappa shape index (κ3) is 7.41. The minimum Gasteiger partial charge on any atom is -0.483 e. The van der Waals surface area contributed by atoms with Crippen LogP contribution >= 0.6 is 11.3 Å². The molecule has 2 atom stereocenters. The molecule has 2 unspecified atom stereocenters. The van der Waals surface area contributed by atoms with Gasteiger partial charge in [0, 0.05) is 11.4 Å². The van der Waals surface area contributed by atoms with E-state index in [0.717, 1.165) is 12.8 Å². The first-order chi connectivity index (χ1) is 16.0. The summed E-state index contributed by atoms with van der Waals surface area (Å²) in [5.41, 5.74) is 0.239. The van der Waals surface area contributed by atoms with Gasteiger partial charge in [-0.05, 0) is 31.9 Å². The number of thiazole rings is 1. The molecule has 1 aromatic heterocycles. The first kappa shape index (κ1) is 24.4. The molecular weight excluding hydrogens is 451 g/mol. The lowest BCUT2D eigenvalue weighted by Gasteiger charge is -2.32. The summed E-state index contributed by atoms with van der Waals surface area (Å²) in [5.74, 6) is -1.21. The number of nitrogens with zero attached hydrogens (tertiary/aromatic N) is 1. The zero-order valence-electron chi connectivity index (χ0n) is 18.3. The summed E-state index contributed by atoms with van der Waals surface area (Å²) < 4.78 is 23.9. The van der Waals surface area contributed by atoms with Crippen LogP contribution in [0.5, 0.6) is 5.75 Å². The minimum absolute atomic E-state index is 0.0487. The highest BCUT2D eigenvalue weighted by Gasteiger charge is 2.29. The molecule has 0 saturated heterocycles. The van der Waals surface area contributed by atoms with Crippen LogP contribution in [-0.2, 0) is 16.1 Å². The number of urea groups is 1. The normalized spacial score (nSPS) is 17.6. The second kappa shape index (κ2) is 12.1. The number of aromatic nitrogens is 1. The van der Waals surface area contributed by atoms with Crippen molar-refractivity contribution < 1.29 is 28.2 Å². The minimum atomic E-state index is -0.514. The number of nitrogens with one attached hydrogen (secondary N) is 3. The molecule has 0 bridgehead atoms. The van der Waals surface area contributed by atoms with Crippen molar-refractivity contribution in [1.82, 2.24) is 20.9 Å². The lowest BCUT2D eigenvalue weighted by molar-refractivity contribution is -0.141. The number of benzene rings is 1. The molecule has 0 aliphatic heterocycles. The van der Waals surface area contributed by atoms with Crippen LogP contribution in [0.2, 0.25) is 0 Å². The average Bonchev–Trinajstić information content (AvgIpc) is 3.28. The number of halogens is 1. The molecule has 0 radical (unpaired) electrons. The summed E-state index contributed by atoms with van der Waals surface area (Å²) in [5, 5.41) is 10.4. The predicted octanol–water partition coefficient (Wildman–Crippen LogP) is 2.76. The first-order valence-electron chi connectivity index (χ1n) is 10.8. The Morgan fingerprint density at radius 2 is 1.88 bits per heavy atom. The van der Waals surface area contributed by atoms with Gasteiger partial charge in [0.15, 0.2) is 11.6 Å². The molecule has 33 heavy (non-hydrogen) atoms. The standard InChI is InChI=1S/C22H27FN4O5S/c1-2-31-20(28)11-24-22(30)27-16-9-5-4-8-15(16)26-21(29)17-13-33-19(25-17)12-32-18-10-6-3-7-14(18)23/h3,6-7,10,13,15-16H,2,4-5,8-9,11-12H2,1H3,(H,26,29)(H2,24,27,30). The number of hydrogen-bond acceptors (Lipinski definition) is 7. The van der Waals surface area contributed by atoms with Gasteiger partial charge in [0.1, 0.15) is 23.9 Å². The zero-order valence-corrected chi connectivity index (χ0v) is 19.1. The van der Waals surface area contributed by atoms with Crippen molar-refractivity contribution in [1.29, 1.82) is 0 Å². The second-order valence-electron chi connectivity index (χ2n) is 7.45. The van der Waals surface area contributed by atoms with Crippen molar-refractivity contribution in [3.8, 4) is 5.75 Å². The lowest BCUT2D eigenvalue weighted by Crippen LogP contribution is -2.55. The summed E-state index contributed by atoms with van der Waals surface area (Å²) in [6.07, 6.45) is 3.26. The lowest BCUT2D eigenvalue weighted by atomic mass is 9.90. The van der Waals surface area contributed by atoms with Crippen molar-refractivity contribution in [3.05, 3.63) is 46.2 Å². The quantitative estimate of drug-likeness (QED) is 0.477. The molecule has 3 amide bonds. The molecule has 2 aromatic rings. The smallest absolute Gasteiger partial charge is 0.325 e. The van der Waals surface area contributed by atoms with E-state index in [1.807, 2.05) is 0 Å². The number of para-hydroxylation sites is 1. The first-order valence-corrected chi connectivity index (χ1v) is 11.7. The van der Waals surface area contributed by atoms with Crippen LogP contribution < -0.4 is 20.7 Å². The van der Waals surface area contributed by atoms with Crippen molar-refractivity contribution in [2.45, 2.75) is 51.3 Å². The van der Waals surface area contributed by atoms with Gasteiger partial charge < -0.3 is 25.4 Å². The molecule has 9 nitrogen and oxygen atoms in total. The molecule has 11 heteroatoms. The van der Waals surface area contributed by atoms with Crippen LogP contribution in [0, 0.1) is 5.82 Å². The number of carbonyl (C=O) groups excluding carboxylic acids is 3. The fourth-order valence-electron chi connectivity index (χ4n) is 3.49. The van der Waals surface area contributed by atoms with Crippen molar-refractivity contribution in [3.63, 3.8) is 0 Å². The molecule has 1 aliphatic rings. The van der Waals surface area contributed by atoms with E-state index in [0.29, 0.717) is 17.8 Å². The van der Waals surface area contributed by atoms with Gasteiger partial charge in [0.25, 0.3) is 5.91 Å². The van der Waals surface area contributed by atoms with Crippen molar-refractivity contribution in [2.75, 3.05) is 13.2 Å². The fourth-order valence-corrected chi connectivity index (χ4v) is 4.17. The largest absolute Gasteiger partial charge is 0.483 e. The third-order valence-electron chi connectivity index (χ3n) is 5.07. The molecule has 1 saturated carbocycles. The predicted molar refractivity (Wildman–Crippen MR) is 120 cm³/mol. The number of amides is 3. The molecule has 3 N–H and O–H groups in total. The zero-order chi connectivity index (χ0) is 23.6. The van der Waals surface area contributed by atoms with E-state index in [9.17, 15) is 18.8 Å². The van der Waals surface area contributed by atoms with Crippen LogP contribution in [0.3, 0.4) is 0 Å². The van der Waals surface area contributed by atoms with Crippen molar-refractivity contribution in [2.24, 2.45) is 0 Å². The highest BCUT2D eigenvalue weighted by molar-refractivity contribution is 7.09. The molecule has 3 rings (SSSR count). The fraction of sp³-hybridized carbons (Fsp3) is 0.455. The Balaban J connectivity index is 1.51. The van der Waals surface area contributed by atoms with Crippen LogP contribution in [0.15, 0.2) is 29.6 Å². The monoisotopic (exact) mass is 478 g/mol. The molecular formula is C22H27FN4O5S. The Hall–Kier alpha value is -3.21. The van der Waals surface area contributed by atoms with E-state index in [1.54, 1.807) is 24.4 Å². The number of esters is 1. The van der Waals surface area contributed by atoms with Gasteiger partial charge >= 0.3 is 12.0 Å². The Morgan fingerprint density at radius 1 is 1.15 bits per heavy atom. The SMILES string of the molecule is CCOC(=O)CNC(=O)NC1CCCCC1NC(=O)c1csc(COc2ccccc2F)n1. The summed E-state index contributed by atoms with van der Waals surface area (Å²) in [4.78, 5) is 40.5. The van der Waals surface area contributed by atoms with E-state index >= 15 is 0 Å². The molecule has 1 heterocycles. The topological polar surface area (TPSA) is 119 Å². The van der Waals surface area contributed by atoms with Gasteiger partial charge in [-0.2, -0.15) is 0 Å². The molecule has 1 fully saturated rings. The third-order valence-corrected chi connectivity index (χ3v) is 5.89. The number of carbonyl (C=O) groups is 3. The van der Waals surface area contributed by atoms with E-state index in [1.165, 1.54) is 23.5 Å².